The molecule has 1 rings (SSSR count). The van der Waals surface area contributed by atoms with Crippen molar-refractivity contribution in [3.63, 3.8) is 0 Å². The lowest BCUT2D eigenvalue weighted by atomic mass is 10.1. The number of aromatic amines is 1. The molecule has 14 heteroatoms. The molecule has 168 valence electrons. The summed E-state index contributed by atoms with van der Waals surface area (Å²) < 4.78 is 0. The van der Waals surface area contributed by atoms with Gasteiger partial charge in [0.1, 0.15) is 24.2 Å². The Morgan fingerprint density at radius 3 is 2.03 bits per heavy atom. The molecule has 0 aromatic carbocycles. The number of amides is 3. The fraction of sp³-hybridized carbons (Fsp3) is 0.562. The number of aliphatic hydroxyl groups excluding tert-OH is 3. The van der Waals surface area contributed by atoms with E-state index in [0.29, 0.717) is 5.69 Å². The van der Waals surface area contributed by atoms with Crippen LogP contribution in [-0.4, -0.2) is 97.6 Å². The molecule has 14 nitrogen and oxygen atoms in total. The highest BCUT2D eigenvalue weighted by Crippen LogP contribution is 2.01. The Morgan fingerprint density at radius 2 is 1.57 bits per heavy atom. The van der Waals surface area contributed by atoms with Gasteiger partial charge in [-0.1, -0.05) is 0 Å². The molecule has 0 aliphatic carbocycles. The third-order valence-corrected chi connectivity index (χ3v) is 4.05. The van der Waals surface area contributed by atoms with E-state index in [0.717, 1.165) is 0 Å². The number of aliphatic carboxylic acids is 1. The van der Waals surface area contributed by atoms with Crippen molar-refractivity contribution >= 4 is 23.7 Å². The summed E-state index contributed by atoms with van der Waals surface area (Å²) in [6.07, 6.45) is 1.36. The fourth-order valence-corrected chi connectivity index (χ4v) is 2.24. The number of nitrogens with two attached hydrogens (primary N) is 1. The van der Waals surface area contributed by atoms with E-state index in [-0.39, 0.29) is 6.42 Å². The summed E-state index contributed by atoms with van der Waals surface area (Å²) in [4.78, 5) is 54.4. The summed E-state index contributed by atoms with van der Waals surface area (Å²) in [6.45, 7) is -0.446. The fourth-order valence-electron chi connectivity index (χ4n) is 2.24. The standard InChI is InChI=1S/C16H26N6O8/c1-7(25)12(17)15(28)21-10(4-23)14(27)20-9(2-8-3-18-6-19-8)13(26)22-11(5-24)16(29)30/h3,6-7,9-12,23-25H,2,4-5,17H2,1H3,(H,18,19)(H,20,27)(H,21,28)(H,22,26)(H,29,30). The number of hydrogen-bond donors (Lipinski definition) is 9. The molecule has 1 aromatic heterocycles. The van der Waals surface area contributed by atoms with Gasteiger partial charge in [-0.05, 0) is 6.92 Å². The van der Waals surface area contributed by atoms with Gasteiger partial charge < -0.3 is 47.1 Å². The van der Waals surface area contributed by atoms with Gasteiger partial charge in [0.25, 0.3) is 0 Å². The molecule has 0 saturated heterocycles. The molecule has 10 N–H and O–H groups in total. The van der Waals surface area contributed by atoms with E-state index < -0.39 is 67.2 Å². The number of nitrogens with zero attached hydrogens (tertiary/aromatic N) is 1. The summed E-state index contributed by atoms with van der Waals surface area (Å²) in [7, 11) is 0. The minimum Gasteiger partial charge on any atom is -0.480 e. The smallest absolute Gasteiger partial charge is 0.328 e. The second kappa shape index (κ2) is 11.8. The van der Waals surface area contributed by atoms with Gasteiger partial charge in [0, 0.05) is 18.3 Å². The Morgan fingerprint density at radius 1 is 1.03 bits per heavy atom. The molecule has 0 bridgehead atoms. The van der Waals surface area contributed by atoms with Crippen LogP contribution in [0.25, 0.3) is 0 Å². The zero-order valence-electron chi connectivity index (χ0n) is 16.1. The third kappa shape index (κ3) is 7.40. The zero-order valence-corrected chi connectivity index (χ0v) is 16.1. The van der Waals surface area contributed by atoms with Crippen LogP contribution >= 0.6 is 0 Å². The Kier molecular flexibility index (Phi) is 9.83. The van der Waals surface area contributed by atoms with Crippen LogP contribution in [-0.2, 0) is 25.6 Å². The molecule has 0 saturated carbocycles. The Hall–Kier alpha value is -3.07. The number of hydrogen-bond acceptors (Lipinski definition) is 9. The van der Waals surface area contributed by atoms with Crippen molar-refractivity contribution in [1.82, 2.24) is 25.9 Å². The molecule has 3 amide bonds. The van der Waals surface area contributed by atoms with Crippen LogP contribution in [0.2, 0.25) is 0 Å². The van der Waals surface area contributed by atoms with Gasteiger partial charge in [-0.25, -0.2) is 9.78 Å². The summed E-state index contributed by atoms with van der Waals surface area (Å²) in [5, 5.41) is 43.3. The predicted octanol–water partition coefficient (Wildman–Crippen LogP) is -4.82. The molecule has 0 radical (unpaired) electrons. The van der Waals surface area contributed by atoms with Crippen LogP contribution in [0.15, 0.2) is 12.5 Å². The van der Waals surface area contributed by atoms with Crippen LogP contribution in [0.5, 0.6) is 0 Å². The number of carboxylic acid groups (broad SMARTS) is 1. The highest BCUT2D eigenvalue weighted by Gasteiger charge is 2.31. The lowest BCUT2D eigenvalue weighted by molar-refractivity contribution is -0.143. The summed E-state index contributed by atoms with van der Waals surface area (Å²) in [6, 6.07) is -5.77. The van der Waals surface area contributed by atoms with E-state index in [1.807, 2.05) is 0 Å². The largest absolute Gasteiger partial charge is 0.480 e. The molecular weight excluding hydrogens is 404 g/mol. The first-order chi connectivity index (χ1) is 14.1. The zero-order chi connectivity index (χ0) is 22.8. The van der Waals surface area contributed by atoms with Gasteiger partial charge in [-0.3, -0.25) is 14.4 Å². The van der Waals surface area contributed by atoms with E-state index in [4.69, 9.17) is 15.9 Å². The first kappa shape index (κ1) is 25.0. The number of nitrogens with one attached hydrogen (secondary N) is 4. The predicted molar refractivity (Wildman–Crippen MR) is 99.5 cm³/mol. The molecule has 0 spiro atoms. The van der Waals surface area contributed by atoms with Crippen molar-refractivity contribution in [2.24, 2.45) is 5.73 Å². The molecule has 1 heterocycles. The maximum absolute atomic E-state index is 12.5. The van der Waals surface area contributed by atoms with Crippen LogP contribution in [0.4, 0.5) is 0 Å². The van der Waals surface area contributed by atoms with E-state index in [1.54, 1.807) is 0 Å². The average Bonchev–Trinajstić information content (AvgIpc) is 3.21. The van der Waals surface area contributed by atoms with Crippen molar-refractivity contribution in [2.45, 2.75) is 43.6 Å². The van der Waals surface area contributed by atoms with Crippen molar-refractivity contribution in [3.05, 3.63) is 18.2 Å². The van der Waals surface area contributed by atoms with E-state index in [1.165, 1.54) is 19.4 Å². The van der Waals surface area contributed by atoms with Crippen LogP contribution < -0.4 is 21.7 Å². The summed E-state index contributed by atoms with van der Waals surface area (Å²) >= 11 is 0. The van der Waals surface area contributed by atoms with Gasteiger partial charge in [0.05, 0.1) is 25.6 Å². The monoisotopic (exact) mass is 430 g/mol. The third-order valence-electron chi connectivity index (χ3n) is 4.05. The lowest BCUT2D eigenvalue weighted by Gasteiger charge is -2.24. The SMILES string of the molecule is CC(O)C(N)C(=O)NC(CO)C(=O)NC(Cc1cnc[nH]1)C(=O)NC(CO)C(=O)O. The summed E-state index contributed by atoms with van der Waals surface area (Å²) in [5.41, 5.74) is 5.89. The molecular formula is C16H26N6O8. The maximum Gasteiger partial charge on any atom is 0.328 e. The molecule has 5 atom stereocenters. The highest BCUT2D eigenvalue weighted by atomic mass is 16.4. The number of H-pyrrole nitrogens is 1. The number of aliphatic hydroxyl groups is 3. The second-order valence-electron chi connectivity index (χ2n) is 6.43. The lowest BCUT2D eigenvalue weighted by Crippen LogP contribution is -2.59. The second-order valence-corrected chi connectivity index (χ2v) is 6.43. The first-order valence-electron chi connectivity index (χ1n) is 8.87. The number of carbonyl (C=O) groups is 4. The molecule has 0 aliphatic heterocycles. The Labute approximate surface area is 170 Å². The molecule has 0 aliphatic rings. The van der Waals surface area contributed by atoms with E-state index >= 15 is 0 Å². The molecule has 5 unspecified atom stereocenters. The molecule has 1 aromatic rings. The number of aromatic nitrogens is 2. The minimum atomic E-state index is -1.60. The van der Waals surface area contributed by atoms with Gasteiger partial charge in [0.2, 0.25) is 17.7 Å². The Bertz CT molecular complexity index is 725. The maximum atomic E-state index is 12.5. The number of rotatable bonds is 12. The van der Waals surface area contributed by atoms with Gasteiger partial charge in [0.15, 0.2) is 0 Å². The van der Waals surface area contributed by atoms with Crippen molar-refractivity contribution < 1.29 is 39.6 Å². The molecule has 30 heavy (non-hydrogen) atoms. The van der Waals surface area contributed by atoms with Crippen LogP contribution in [0, 0.1) is 0 Å². The number of carbonyl (C=O) groups excluding carboxylic acids is 3. The quantitative estimate of drug-likeness (QED) is 0.153. The Balaban J connectivity index is 2.92. The summed E-state index contributed by atoms with van der Waals surface area (Å²) in [5.74, 6) is -4.27. The van der Waals surface area contributed by atoms with E-state index in [2.05, 4.69) is 25.9 Å². The first-order valence-corrected chi connectivity index (χ1v) is 8.87. The van der Waals surface area contributed by atoms with Gasteiger partial charge >= 0.3 is 5.97 Å². The minimum absolute atomic E-state index is 0.130. The van der Waals surface area contributed by atoms with Gasteiger partial charge in [-0.15, -0.1) is 0 Å². The normalized spacial score (nSPS) is 15.9. The van der Waals surface area contributed by atoms with Crippen molar-refractivity contribution in [2.75, 3.05) is 13.2 Å². The average molecular weight is 430 g/mol. The van der Waals surface area contributed by atoms with E-state index in [9.17, 15) is 29.4 Å². The van der Waals surface area contributed by atoms with Crippen LogP contribution in [0.3, 0.4) is 0 Å². The highest BCUT2D eigenvalue weighted by molar-refractivity contribution is 5.94. The van der Waals surface area contributed by atoms with Crippen molar-refractivity contribution in [3.8, 4) is 0 Å². The topological polar surface area (TPSA) is 240 Å². The van der Waals surface area contributed by atoms with Gasteiger partial charge in [-0.2, -0.15) is 0 Å². The molecule has 0 fully saturated rings. The number of imidazole rings is 1. The van der Waals surface area contributed by atoms with Crippen molar-refractivity contribution in [1.29, 1.82) is 0 Å². The van der Waals surface area contributed by atoms with Crippen LogP contribution in [0.1, 0.15) is 12.6 Å². The number of carboxylic acids is 1.